The van der Waals surface area contributed by atoms with Gasteiger partial charge in [-0.25, -0.2) is 4.79 Å². The van der Waals surface area contributed by atoms with Crippen molar-refractivity contribution in [3.8, 4) is 0 Å². The molecule has 0 saturated carbocycles. The molecule has 0 atom stereocenters. The summed E-state index contributed by atoms with van der Waals surface area (Å²) in [7, 11) is 0. The van der Waals surface area contributed by atoms with E-state index >= 15 is 0 Å². The molecule has 0 bridgehead atoms. The molecule has 0 aliphatic heterocycles. The van der Waals surface area contributed by atoms with E-state index < -0.39 is 0 Å². The summed E-state index contributed by atoms with van der Waals surface area (Å²) in [4.78, 5) is 30.7. The number of nitrogens with zero attached hydrogens (tertiary/aromatic N) is 2. The van der Waals surface area contributed by atoms with Gasteiger partial charge < -0.3 is 5.32 Å². The molecular formula is C22H22ClN3O2S2. The van der Waals surface area contributed by atoms with Crippen molar-refractivity contribution in [1.29, 1.82) is 0 Å². The number of halogens is 1. The van der Waals surface area contributed by atoms with Crippen LogP contribution in [0.15, 0.2) is 45.5 Å². The second-order valence-corrected chi connectivity index (χ2v) is 9.70. The third kappa shape index (κ3) is 4.79. The SMILES string of the molecule is Cc1ccc(NC(=O)CSc2nc(=O)n(Cc3cccs3)c3c2CCCC3)cc1Cl. The van der Waals surface area contributed by atoms with Gasteiger partial charge in [0.05, 0.1) is 12.3 Å². The molecule has 0 fully saturated rings. The smallest absolute Gasteiger partial charge is 0.325 e. The number of anilines is 1. The number of nitrogens with one attached hydrogen (secondary N) is 1. The van der Waals surface area contributed by atoms with Crippen molar-refractivity contribution in [3.05, 3.63) is 72.9 Å². The van der Waals surface area contributed by atoms with Crippen molar-refractivity contribution >= 4 is 46.3 Å². The summed E-state index contributed by atoms with van der Waals surface area (Å²) >= 11 is 9.11. The van der Waals surface area contributed by atoms with Crippen molar-refractivity contribution in [3.63, 3.8) is 0 Å². The highest BCUT2D eigenvalue weighted by Gasteiger charge is 2.21. The Bertz CT molecular complexity index is 1130. The van der Waals surface area contributed by atoms with Crippen molar-refractivity contribution in [2.45, 2.75) is 44.2 Å². The summed E-state index contributed by atoms with van der Waals surface area (Å²) in [5.41, 5.74) is 3.58. The monoisotopic (exact) mass is 459 g/mol. The van der Waals surface area contributed by atoms with Gasteiger partial charge in [0.15, 0.2) is 0 Å². The first-order valence-corrected chi connectivity index (χ1v) is 12.1. The van der Waals surface area contributed by atoms with E-state index in [1.165, 1.54) is 11.8 Å². The summed E-state index contributed by atoms with van der Waals surface area (Å²) in [6, 6.07) is 9.48. The van der Waals surface area contributed by atoms with Crippen LogP contribution in [0.1, 0.15) is 34.5 Å². The zero-order chi connectivity index (χ0) is 21.1. The molecule has 0 unspecified atom stereocenters. The number of aromatic nitrogens is 2. The number of rotatable bonds is 6. The number of amides is 1. The lowest BCUT2D eigenvalue weighted by atomic mass is 9.97. The average molecular weight is 460 g/mol. The Kier molecular flexibility index (Phi) is 6.61. The minimum Gasteiger partial charge on any atom is -0.325 e. The molecule has 2 aromatic heterocycles. The Morgan fingerprint density at radius 2 is 2.13 bits per heavy atom. The van der Waals surface area contributed by atoms with Gasteiger partial charge in [-0.2, -0.15) is 4.98 Å². The van der Waals surface area contributed by atoms with Gasteiger partial charge in [0.2, 0.25) is 5.91 Å². The van der Waals surface area contributed by atoms with Crippen molar-refractivity contribution in [2.24, 2.45) is 0 Å². The molecule has 0 spiro atoms. The van der Waals surface area contributed by atoms with Gasteiger partial charge in [-0.15, -0.1) is 11.3 Å². The number of benzene rings is 1. The zero-order valence-electron chi connectivity index (χ0n) is 16.6. The third-order valence-electron chi connectivity index (χ3n) is 5.14. The van der Waals surface area contributed by atoms with Gasteiger partial charge in [-0.05, 0) is 61.7 Å². The predicted octanol–water partition coefficient (Wildman–Crippen LogP) is 4.92. The van der Waals surface area contributed by atoms with Crippen LogP contribution in [0.5, 0.6) is 0 Å². The van der Waals surface area contributed by atoms with E-state index in [0.717, 1.165) is 47.4 Å². The highest BCUT2D eigenvalue weighted by atomic mass is 35.5. The zero-order valence-corrected chi connectivity index (χ0v) is 19.0. The van der Waals surface area contributed by atoms with E-state index in [0.29, 0.717) is 22.3 Å². The van der Waals surface area contributed by atoms with Gasteiger partial charge in [-0.1, -0.05) is 35.5 Å². The molecule has 1 amide bonds. The molecule has 1 aliphatic carbocycles. The summed E-state index contributed by atoms with van der Waals surface area (Å²) in [5.74, 6) is 0.0494. The van der Waals surface area contributed by atoms with E-state index in [9.17, 15) is 9.59 Å². The largest absolute Gasteiger partial charge is 0.349 e. The molecule has 5 nitrogen and oxygen atoms in total. The Balaban J connectivity index is 1.51. The molecule has 0 saturated heterocycles. The molecular weight excluding hydrogens is 438 g/mol. The highest BCUT2D eigenvalue weighted by molar-refractivity contribution is 8.00. The minimum absolute atomic E-state index is 0.144. The fourth-order valence-electron chi connectivity index (χ4n) is 3.59. The van der Waals surface area contributed by atoms with Gasteiger partial charge >= 0.3 is 5.69 Å². The van der Waals surface area contributed by atoms with Gasteiger partial charge in [0.25, 0.3) is 0 Å². The van der Waals surface area contributed by atoms with Crippen LogP contribution in [0.2, 0.25) is 5.02 Å². The Morgan fingerprint density at radius 3 is 2.90 bits per heavy atom. The van der Waals surface area contributed by atoms with Gasteiger partial charge in [0.1, 0.15) is 5.03 Å². The first-order valence-electron chi connectivity index (χ1n) is 9.85. The lowest BCUT2D eigenvalue weighted by Crippen LogP contribution is -2.30. The third-order valence-corrected chi connectivity index (χ3v) is 7.43. The number of fused-ring (bicyclic) bond motifs is 1. The van der Waals surface area contributed by atoms with E-state index in [-0.39, 0.29) is 17.3 Å². The first kappa shape index (κ1) is 21.2. The minimum atomic E-state index is -0.239. The average Bonchev–Trinajstić information content (AvgIpc) is 3.25. The number of thioether (sulfide) groups is 1. The summed E-state index contributed by atoms with van der Waals surface area (Å²) in [6.07, 6.45) is 3.91. The molecule has 4 rings (SSSR count). The van der Waals surface area contributed by atoms with Crippen LogP contribution in [-0.2, 0) is 24.2 Å². The van der Waals surface area contributed by atoms with Crippen LogP contribution in [0, 0.1) is 6.92 Å². The molecule has 0 radical (unpaired) electrons. The number of aryl methyl sites for hydroxylation is 1. The number of thiophene rings is 1. The van der Waals surface area contributed by atoms with Gasteiger partial charge in [0, 0.05) is 26.8 Å². The Labute approximate surface area is 188 Å². The van der Waals surface area contributed by atoms with E-state index in [2.05, 4.69) is 10.3 Å². The maximum atomic E-state index is 12.8. The highest BCUT2D eigenvalue weighted by Crippen LogP contribution is 2.29. The molecule has 30 heavy (non-hydrogen) atoms. The molecule has 1 N–H and O–H groups in total. The molecule has 156 valence electrons. The van der Waals surface area contributed by atoms with Crippen LogP contribution in [0.4, 0.5) is 5.69 Å². The molecule has 3 aromatic rings. The standard InChI is InChI=1S/C22H22ClN3O2S2/c1-14-8-9-15(11-18(14)23)24-20(27)13-30-21-17-6-2-3-7-19(17)26(22(28)25-21)12-16-5-4-10-29-16/h4-5,8-11H,2-3,6-7,12-13H2,1H3,(H,24,27). The van der Waals surface area contributed by atoms with E-state index in [4.69, 9.17) is 11.6 Å². The fraction of sp³-hybridized carbons (Fsp3) is 0.318. The van der Waals surface area contributed by atoms with Crippen molar-refractivity contribution in [1.82, 2.24) is 9.55 Å². The number of carbonyl (C=O) groups is 1. The normalized spacial score (nSPS) is 13.1. The summed E-state index contributed by atoms with van der Waals surface area (Å²) < 4.78 is 1.80. The summed E-state index contributed by atoms with van der Waals surface area (Å²) in [6.45, 7) is 2.48. The number of hydrogen-bond acceptors (Lipinski definition) is 5. The number of hydrogen-bond donors (Lipinski definition) is 1. The fourth-order valence-corrected chi connectivity index (χ4v) is 5.34. The van der Waals surface area contributed by atoms with Crippen molar-refractivity contribution in [2.75, 3.05) is 11.1 Å². The maximum Gasteiger partial charge on any atom is 0.349 e. The van der Waals surface area contributed by atoms with E-state index in [1.54, 1.807) is 22.0 Å². The van der Waals surface area contributed by atoms with Crippen LogP contribution in [0.3, 0.4) is 0 Å². The molecule has 1 aliphatic rings. The van der Waals surface area contributed by atoms with Gasteiger partial charge in [-0.3, -0.25) is 9.36 Å². The second kappa shape index (κ2) is 9.37. The quantitative estimate of drug-likeness (QED) is 0.419. The molecule has 1 aromatic carbocycles. The number of carbonyl (C=O) groups excluding carboxylic acids is 1. The second-order valence-electron chi connectivity index (χ2n) is 7.30. The lowest BCUT2D eigenvalue weighted by Gasteiger charge is -2.22. The Hall–Kier alpha value is -2.09. The van der Waals surface area contributed by atoms with Crippen LogP contribution in [-0.4, -0.2) is 21.2 Å². The van der Waals surface area contributed by atoms with Crippen LogP contribution >= 0.6 is 34.7 Å². The van der Waals surface area contributed by atoms with Crippen LogP contribution in [0.25, 0.3) is 0 Å². The van der Waals surface area contributed by atoms with Crippen LogP contribution < -0.4 is 11.0 Å². The molecule has 2 heterocycles. The maximum absolute atomic E-state index is 12.8. The topological polar surface area (TPSA) is 64.0 Å². The first-order chi connectivity index (χ1) is 14.5. The van der Waals surface area contributed by atoms with Crippen molar-refractivity contribution < 1.29 is 4.79 Å². The lowest BCUT2D eigenvalue weighted by molar-refractivity contribution is -0.113. The van der Waals surface area contributed by atoms with E-state index in [1.807, 2.05) is 36.6 Å². The molecule has 8 heteroatoms. The Morgan fingerprint density at radius 1 is 1.30 bits per heavy atom. The predicted molar refractivity (Wildman–Crippen MR) is 124 cm³/mol. The summed E-state index contributed by atoms with van der Waals surface area (Å²) in [5, 5.41) is 6.19.